The highest BCUT2D eigenvalue weighted by molar-refractivity contribution is 6.31. The van der Waals surface area contributed by atoms with Crippen LogP contribution in [-0.2, 0) is 6.61 Å². The summed E-state index contributed by atoms with van der Waals surface area (Å²) in [6, 6.07) is 10.7. The van der Waals surface area contributed by atoms with E-state index in [9.17, 15) is 9.50 Å². The van der Waals surface area contributed by atoms with Crippen molar-refractivity contribution in [2.45, 2.75) is 6.61 Å². The van der Waals surface area contributed by atoms with Crippen molar-refractivity contribution in [2.75, 3.05) is 0 Å². The summed E-state index contributed by atoms with van der Waals surface area (Å²) in [4.78, 5) is 0. The summed E-state index contributed by atoms with van der Waals surface area (Å²) in [5.41, 5.74) is 0.663. The molecule has 0 saturated heterocycles. The molecule has 0 heterocycles. The van der Waals surface area contributed by atoms with Crippen molar-refractivity contribution in [1.82, 2.24) is 0 Å². The van der Waals surface area contributed by atoms with E-state index in [1.807, 2.05) is 0 Å². The molecule has 2 aromatic rings. The number of halogens is 2. The topological polar surface area (TPSA) is 29.5 Å². The number of aromatic hydroxyl groups is 1. The molecule has 0 spiro atoms. The second-order valence-corrected chi connectivity index (χ2v) is 3.90. The summed E-state index contributed by atoms with van der Waals surface area (Å²) >= 11 is 5.85. The third-order valence-corrected chi connectivity index (χ3v) is 2.62. The molecule has 2 nitrogen and oxygen atoms in total. The number of phenols is 1. The van der Waals surface area contributed by atoms with Crippen LogP contribution in [0.5, 0.6) is 11.5 Å². The first-order valence-electron chi connectivity index (χ1n) is 5.01. The van der Waals surface area contributed by atoms with E-state index in [0.717, 1.165) is 0 Å². The van der Waals surface area contributed by atoms with E-state index >= 15 is 0 Å². The fraction of sp³-hybridized carbons (Fsp3) is 0.0769. The maximum atomic E-state index is 12.8. The van der Waals surface area contributed by atoms with E-state index < -0.39 is 0 Å². The predicted molar refractivity (Wildman–Crippen MR) is 63.8 cm³/mol. The molecule has 88 valence electrons. The van der Waals surface area contributed by atoms with Gasteiger partial charge in [0.15, 0.2) is 11.5 Å². The van der Waals surface area contributed by atoms with Gasteiger partial charge in [-0.2, -0.15) is 0 Å². The van der Waals surface area contributed by atoms with Crippen LogP contribution >= 0.6 is 11.6 Å². The molecular formula is C13H10ClFO2. The van der Waals surface area contributed by atoms with Gasteiger partial charge in [0, 0.05) is 5.56 Å². The number of para-hydroxylation sites is 2. The normalized spacial score (nSPS) is 10.2. The fourth-order valence-corrected chi connectivity index (χ4v) is 1.60. The Morgan fingerprint density at radius 3 is 2.65 bits per heavy atom. The Morgan fingerprint density at radius 1 is 1.18 bits per heavy atom. The molecule has 0 amide bonds. The highest BCUT2D eigenvalue weighted by Gasteiger charge is 2.05. The summed E-state index contributed by atoms with van der Waals surface area (Å²) < 4.78 is 18.2. The fourth-order valence-electron chi connectivity index (χ4n) is 1.37. The lowest BCUT2D eigenvalue weighted by Crippen LogP contribution is -1.96. The lowest BCUT2D eigenvalue weighted by molar-refractivity contribution is 0.289. The van der Waals surface area contributed by atoms with E-state index in [4.69, 9.17) is 16.3 Å². The van der Waals surface area contributed by atoms with Gasteiger partial charge >= 0.3 is 0 Å². The van der Waals surface area contributed by atoms with Crippen LogP contribution in [-0.4, -0.2) is 5.11 Å². The van der Waals surface area contributed by atoms with Crippen molar-refractivity contribution < 1.29 is 14.2 Å². The number of phenolic OH excluding ortho intramolecular Hbond substituents is 1. The van der Waals surface area contributed by atoms with Crippen LogP contribution in [0.1, 0.15) is 5.56 Å². The highest BCUT2D eigenvalue weighted by Crippen LogP contribution is 2.26. The maximum absolute atomic E-state index is 12.8. The summed E-state index contributed by atoms with van der Waals surface area (Å²) in [6.45, 7) is 0.177. The van der Waals surface area contributed by atoms with Gasteiger partial charge in [-0.25, -0.2) is 4.39 Å². The Hall–Kier alpha value is -1.74. The molecule has 1 N–H and O–H groups in total. The zero-order valence-corrected chi connectivity index (χ0v) is 9.62. The van der Waals surface area contributed by atoms with E-state index in [0.29, 0.717) is 16.3 Å². The van der Waals surface area contributed by atoms with E-state index in [2.05, 4.69) is 0 Å². The Kier molecular flexibility index (Phi) is 3.49. The maximum Gasteiger partial charge on any atom is 0.161 e. The molecule has 4 heteroatoms. The molecule has 2 aromatic carbocycles. The molecule has 0 bridgehead atoms. The van der Waals surface area contributed by atoms with Crippen LogP contribution in [0.2, 0.25) is 5.02 Å². The first-order chi connectivity index (χ1) is 8.16. The summed E-state index contributed by atoms with van der Waals surface area (Å²) in [7, 11) is 0. The first-order valence-corrected chi connectivity index (χ1v) is 5.39. The van der Waals surface area contributed by atoms with Crippen LogP contribution in [0.4, 0.5) is 4.39 Å². The molecule has 0 aliphatic carbocycles. The highest BCUT2D eigenvalue weighted by atomic mass is 35.5. The van der Waals surface area contributed by atoms with Gasteiger partial charge < -0.3 is 9.84 Å². The smallest absolute Gasteiger partial charge is 0.161 e. The molecular weight excluding hydrogens is 243 g/mol. The third-order valence-electron chi connectivity index (χ3n) is 2.26. The molecule has 0 aliphatic rings. The van der Waals surface area contributed by atoms with Gasteiger partial charge in [-0.1, -0.05) is 29.8 Å². The molecule has 0 atom stereocenters. The molecule has 2 rings (SSSR count). The van der Waals surface area contributed by atoms with Crippen molar-refractivity contribution in [2.24, 2.45) is 0 Å². The van der Waals surface area contributed by atoms with E-state index in [-0.39, 0.29) is 18.2 Å². The number of ether oxygens (including phenoxy) is 1. The van der Waals surface area contributed by atoms with Gasteiger partial charge in [-0.05, 0) is 24.3 Å². The van der Waals surface area contributed by atoms with Crippen molar-refractivity contribution in [1.29, 1.82) is 0 Å². The summed E-state index contributed by atoms with van der Waals surface area (Å²) in [5.74, 6) is 0.0416. The summed E-state index contributed by atoms with van der Waals surface area (Å²) in [6.07, 6.45) is 0. The third kappa shape index (κ3) is 2.88. The predicted octanol–water partition coefficient (Wildman–Crippen LogP) is 3.76. The number of rotatable bonds is 3. The van der Waals surface area contributed by atoms with Gasteiger partial charge in [0.05, 0.1) is 5.02 Å². The average Bonchev–Trinajstić information content (AvgIpc) is 2.30. The van der Waals surface area contributed by atoms with Crippen LogP contribution in [0.3, 0.4) is 0 Å². The summed E-state index contributed by atoms with van der Waals surface area (Å²) in [5, 5.41) is 9.79. The molecule has 0 aromatic heterocycles. The van der Waals surface area contributed by atoms with Gasteiger partial charge in [0.2, 0.25) is 0 Å². The Morgan fingerprint density at radius 2 is 1.94 bits per heavy atom. The van der Waals surface area contributed by atoms with Crippen LogP contribution in [0.25, 0.3) is 0 Å². The minimum atomic E-state index is -0.388. The quantitative estimate of drug-likeness (QED) is 0.901. The van der Waals surface area contributed by atoms with Gasteiger partial charge in [-0.15, -0.1) is 0 Å². The van der Waals surface area contributed by atoms with Crippen LogP contribution < -0.4 is 4.74 Å². The van der Waals surface area contributed by atoms with Crippen molar-refractivity contribution in [3.8, 4) is 11.5 Å². The van der Waals surface area contributed by atoms with Crippen LogP contribution in [0.15, 0.2) is 42.5 Å². The molecule has 0 unspecified atom stereocenters. The van der Waals surface area contributed by atoms with Gasteiger partial charge in [-0.3, -0.25) is 0 Å². The molecule has 0 radical (unpaired) electrons. The van der Waals surface area contributed by atoms with Crippen molar-refractivity contribution in [3.63, 3.8) is 0 Å². The number of benzene rings is 2. The minimum Gasteiger partial charge on any atom is -0.504 e. The lowest BCUT2D eigenvalue weighted by atomic mass is 10.2. The number of hydrogen-bond acceptors (Lipinski definition) is 2. The number of hydrogen-bond donors (Lipinski definition) is 1. The van der Waals surface area contributed by atoms with E-state index in [1.165, 1.54) is 18.2 Å². The lowest BCUT2D eigenvalue weighted by Gasteiger charge is -2.08. The van der Waals surface area contributed by atoms with Crippen molar-refractivity contribution in [3.05, 3.63) is 58.9 Å². The SMILES string of the molecule is Oc1ccccc1OCc1ccc(F)cc1Cl. The standard InChI is InChI=1S/C13H10ClFO2/c14-11-7-10(15)6-5-9(11)8-17-13-4-2-1-3-12(13)16/h1-7,16H,8H2. The zero-order valence-electron chi connectivity index (χ0n) is 8.86. The zero-order chi connectivity index (χ0) is 12.3. The molecule has 0 aliphatic heterocycles. The largest absolute Gasteiger partial charge is 0.504 e. The first kappa shape index (κ1) is 11.7. The Labute approximate surface area is 103 Å². The Balaban J connectivity index is 2.10. The average molecular weight is 253 g/mol. The second kappa shape index (κ2) is 5.06. The van der Waals surface area contributed by atoms with E-state index in [1.54, 1.807) is 24.3 Å². The molecule has 17 heavy (non-hydrogen) atoms. The van der Waals surface area contributed by atoms with Gasteiger partial charge in [0.25, 0.3) is 0 Å². The minimum absolute atomic E-state index is 0.0609. The monoisotopic (exact) mass is 252 g/mol. The Bertz CT molecular complexity index is 529. The molecule has 0 fully saturated rings. The van der Waals surface area contributed by atoms with Gasteiger partial charge in [0.1, 0.15) is 12.4 Å². The van der Waals surface area contributed by atoms with Crippen LogP contribution in [0, 0.1) is 5.82 Å². The molecule has 0 saturated carbocycles. The second-order valence-electron chi connectivity index (χ2n) is 3.49. The van der Waals surface area contributed by atoms with Crippen molar-refractivity contribution >= 4 is 11.6 Å².